The Labute approximate surface area is 102 Å². The smallest absolute Gasteiger partial charge is 0.274 e. The highest BCUT2D eigenvalue weighted by Crippen LogP contribution is 2.18. The van der Waals surface area contributed by atoms with Crippen molar-refractivity contribution in [3.63, 3.8) is 0 Å². The molecule has 2 aromatic heterocycles. The molecule has 7 nitrogen and oxygen atoms in total. The van der Waals surface area contributed by atoms with Crippen LogP contribution < -0.4 is 5.32 Å². The molecular formula is C11H7N5O2. The molecule has 0 radical (unpaired) electrons. The third kappa shape index (κ3) is 2.56. The molecule has 0 atom stereocenters. The van der Waals surface area contributed by atoms with Crippen LogP contribution in [0.2, 0.25) is 0 Å². The summed E-state index contributed by atoms with van der Waals surface area (Å²) < 4.78 is 0. The third-order valence-corrected chi connectivity index (χ3v) is 2.10. The maximum absolute atomic E-state index is 10.6. The Morgan fingerprint density at radius 3 is 2.78 bits per heavy atom. The van der Waals surface area contributed by atoms with Crippen molar-refractivity contribution in [2.45, 2.75) is 0 Å². The molecule has 0 saturated heterocycles. The van der Waals surface area contributed by atoms with Crippen molar-refractivity contribution in [2.24, 2.45) is 0 Å². The molecule has 0 saturated carbocycles. The number of hydrogen-bond donors (Lipinski definition) is 1. The molecule has 2 aromatic rings. The van der Waals surface area contributed by atoms with Crippen molar-refractivity contribution in [3.8, 4) is 6.07 Å². The first kappa shape index (κ1) is 11.5. The van der Waals surface area contributed by atoms with Crippen LogP contribution in [0.3, 0.4) is 0 Å². The van der Waals surface area contributed by atoms with E-state index in [-0.39, 0.29) is 11.4 Å². The fourth-order valence-electron chi connectivity index (χ4n) is 1.32. The van der Waals surface area contributed by atoms with Gasteiger partial charge in [0.1, 0.15) is 17.6 Å². The van der Waals surface area contributed by atoms with Gasteiger partial charge < -0.3 is 5.32 Å². The third-order valence-electron chi connectivity index (χ3n) is 2.10. The summed E-state index contributed by atoms with van der Waals surface area (Å²) in [5.74, 6) is 0.333. The van der Waals surface area contributed by atoms with Gasteiger partial charge in [-0.3, -0.25) is 10.1 Å². The molecule has 2 rings (SSSR count). The fraction of sp³-hybridized carbons (Fsp3) is 0. The Balaban J connectivity index is 2.26. The lowest BCUT2D eigenvalue weighted by molar-refractivity contribution is -0.384. The normalized spacial score (nSPS) is 9.50. The van der Waals surface area contributed by atoms with Gasteiger partial charge in [-0.1, -0.05) is 0 Å². The molecule has 18 heavy (non-hydrogen) atoms. The van der Waals surface area contributed by atoms with E-state index in [1.165, 1.54) is 30.6 Å². The second-order valence-corrected chi connectivity index (χ2v) is 3.32. The SMILES string of the molecule is N#Cc1cc(Nc2cc([N+](=O)[O-])ccn2)ccn1. The predicted molar refractivity (Wildman–Crippen MR) is 63.1 cm³/mol. The van der Waals surface area contributed by atoms with Crippen LogP contribution in [0.5, 0.6) is 0 Å². The lowest BCUT2D eigenvalue weighted by Gasteiger charge is -2.04. The number of nitro groups is 1. The van der Waals surface area contributed by atoms with Crippen molar-refractivity contribution < 1.29 is 4.92 Å². The van der Waals surface area contributed by atoms with Gasteiger partial charge in [-0.2, -0.15) is 5.26 Å². The van der Waals surface area contributed by atoms with Gasteiger partial charge >= 0.3 is 0 Å². The lowest BCUT2D eigenvalue weighted by atomic mass is 10.3. The van der Waals surface area contributed by atoms with E-state index in [0.29, 0.717) is 11.5 Å². The summed E-state index contributed by atoms with van der Waals surface area (Å²) in [6, 6.07) is 7.69. The molecule has 1 N–H and O–H groups in total. The van der Waals surface area contributed by atoms with E-state index in [1.807, 2.05) is 6.07 Å². The number of pyridine rings is 2. The number of anilines is 2. The van der Waals surface area contributed by atoms with Crippen LogP contribution in [0, 0.1) is 21.4 Å². The van der Waals surface area contributed by atoms with Gasteiger partial charge in [0.2, 0.25) is 0 Å². The first-order valence-corrected chi connectivity index (χ1v) is 4.92. The number of aromatic nitrogens is 2. The first-order valence-electron chi connectivity index (χ1n) is 4.92. The summed E-state index contributed by atoms with van der Waals surface area (Å²) in [5, 5.41) is 22.2. The number of hydrogen-bond acceptors (Lipinski definition) is 6. The summed E-state index contributed by atoms with van der Waals surface area (Å²) in [4.78, 5) is 17.9. The minimum Gasteiger partial charge on any atom is -0.340 e. The zero-order valence-corrected chi connectivity index (χ0v) is 9.07. The van der Waals surface area contributed by atoms with Crippen LogP contribution in [-0.4, -0.2) is 14.9 Å². The van der Waals surface area contributed by atoms with Gasteiger partial charge in [0.15, 0.2) is 0 Å². The first-order chi connectivity index (χ1) is 8.69. The molecule has 7 heteroatoms. The molecule has 2 heterocycles. The van der Waals surface area contributed by atoms with Crippen molar-refractivity contribution in [2.75, 3.05) is 5.32 Å². The number of rotatable bonds is 3. The van der Waals surface area contributed by atoms with E-state index < -0.39 is 4.92 Å². The van der Waals surface area contributed by atoms with E-state index in [2.05, 4.69) is 15.3 Å². The average Bonchev–Trinajstić information content (AvgIpc) is 2.39. The molecule has 0 spiro atoms. The Morgan fingerprint density at radius 1 is 1.28 bits per heavy atom. The lowest BCUT2D eigenvalue weighted by Crippen LogP contribution is -1.96. The Kier molecular flexibility index (Phi) is 3.11. The number of nitrogens with one attached hydrogen (secondary N) is 1. The maximum Gasteiger partial charge on any atom is 0.274 e. The van der Waals surface area contributed by atoms with Crippen LogP contribution in [-0.2, 0) is 0 Å². The van der Waals surface area contributed by atoms with Crippen LogP contribution in [0.4, 0.5) is 17.2 Å². The maximum atomic E-state index is 10.6. The van der Waals surface area contributed by atoms with Gasteiger partial charge in [-0.15, -0.1) is 0 Å². The molecule has 0 aromatic carbocycles. The molecule has 88 valence electrons. The van der Waals surface area contributed by atoms with E-state index in [0.717, 1.165) is 0 Å². The Morgan fingerprint density at radius 2 is 2.06 bits per heavy atom. The molecule has 0 amide bonds. The quantitative estimate of drug-likeness (QED) is 0.650. The second-order valence-electron chi connectivity index (χ2n) is 3.32. The fourth-order valence-corrected chi connectivity index (χ4v) is 1.32. The number of nitriles is 1. The Bertz CT molecular complexity index is 635. The van der Waals surface area contributed by atoms with Crippen molar-refractivity contribution >= 4 is 17.2 Å². The van der Waals surface area contributed by atoms with Gasteiger partial charge in [-0.05, 0) is 12.1 Å². The topological polar surface area (TPSA) is 105 Å². The van der Waals surface area contributed by atoms with Gasteiger partial charge in [0.25, 0.3) is 5.69 Å². The van der Waals surface area contributed by atoms with E-state index in [4.69, 9.17) is 5.26 Å². The molecule has 0 aliphatic heterocycles. The molecule has 0 fully saturated rings. The molecule has 0 aliphatic carbocycles. The monoisotopic (exact) mass is 241 g/mol. The van der Waals surface area contributed by atoms with Crippen molar-refractivity contribution in [3.05, 3.63) is 52.5 Å². The molecule has 0 bridgehead atoms. The highest BCUT2D eigenvalue weighted by Gasteiger charge is 2.07. The van der Waals surface area contributed by atoms with Gasteiger partial charge in [-0.25, -0.2) is 9.97 Å². The van der Waals surface area contributed by atoms with E-state index >= 15 is 0 Å². The summed E-state index contributed by atoms with van der Waals surface area (Å²) in [7, 11) is 0. The average molecular weight is 241 g/mol. The van der Waals surface area contributed by atoms with E-state index in [1.54, 1.807) is 6.07 Å². The van der Waals surface area contributed by atoms with Crippen LogP contribution in [0.25, 0.3) is 0 Å². The zero-order valence-electron chi connectivity index (χ0n) is 9.07. The summed E-state index contributed by atoms with van der Waals surface area (Å²) in [6.45, 7) is 0. The van der Waals surface area contributed by atoms with Gasteiger partial charge in [0, 0.05) is 24.1 Å². The number of nitrogens with zero attached hydrogens (tertiary/aromatic N) is 4. The van der Waals surface area contributed by atoms with Crippen LogP contribution >= 0.6 is 0 Å². The minimum atomic E-state index is -0.500. The molecule has 0 unspecified atom stereocenters. The molecule has 0 aliphatic rings. The second kappa shape index (κ2) is 4.88. The predicted octanol–water partition coefficient (Wildman–Crippen LogP) is 2.00. The summed E-state index contributed by atoms with van der Waals surface area (Å²) in [6.07, 6.45) is 2.81. The standard InChI is InChI=1S/C11H7N5O2/c12-7-9-5-8(1-3-13-9)15-11-6-10(16(17)18)2-4-14-11/h1-6H,(H,13,14,15). The highest BCUT2D eigenvalue weighted by atomic mass is 16.6. The van der Waals surface area contributed by atoms with E-state index in [9.17, 15) is 10.1 Å². The van der Waals surface area contributed by atoms with Crippen LogP contribution in [0.15, 0.2) is 36.7 Å². The van der Waals surface area contributed by atoms with Crippen molar-refractivity contribution in [1.29, 1.82) is 5.26 Å². The minimum absolute atomic E-state index is 0.0536. The van der Waals surface area contributed by atoms with Crippen molar-refractivity contribution in [1.82, 2.24) is 9.97 Å². The molecular weight excluding hydrogens is 234 g/mol. The highest BCUT2D eigenvalue weighted by molar-refractivity contribution is 5.58. The Hall–Kier alpha value is -3.01. The summed E-state index contributed by atoms with van der Waals surface area (Å²) >= 11 is 0. The summed E-state index contributed by atoms with van der Waals surface area (Å²) in [5.41, 5.74) is 0.794. The zero-order chi connectivity index (χ0) is 13.0. The largest absolute Gasteiger partial charge is 0.340 e. The van der Waals surface area contributed by atoms with Gasteiger partial charge in [0.05, 0.1) is 11.0 Å². The van der Waals surface area contributed by atoms with Crippen LogP contribution in [0.1, 0.15) is 5.69 Å².